The highest BCUT2D eigenvalue weighted by atomic mass is 32.1. The van der Waals surface area contributed by atoms with Crippen molar-refractivity contribution >= 4 is 50.7 Å². The van der Waals surface area contributed by atoms with Crippen molar-refractivity contribution in [2.24, 2.45) is 4.99 Å². The second-order valence-corrected chi connectivity index (χ2v) is 16.4. The van der Waals surface area contributed by atoms with Gasteiger partial charge in [-0.1, -0.05) is 93.4 Å². The van der Waals surface area contributed by atoms with Crippen LogP contribution in [-0.2, 0) is 38.6 Å². The summed E-state index contributed by atoms with van der Waals surface area (Å²) < 4.78 is 6.09. The summed E-state index contributed by atoms with van der Waals surface area (Å²) in [5.41, 5.74) is 9.65. The first-order chi connectivity index (χ1) is 30.9. The van der Waals surface area contributed by atoms with E-state index < -0.39 is 0 Å². The molecule has 0 atom stereocenters. The molecule has 6 rings (SSSR count). The molecule has 0 unspecified atom stereocenters. The molecule has 2 aromatic carbocycles. The number of hydrogen-bond donors (Lipinski definition) is 4. The summed E-state index contributed by atoms with van der Waals surface area (Å²) in [6.07, 6.45) is 8.76. The van der Waals surface area contributed by atoms with Crippen molar-refractivity contribution in [3.63, 3.8) is 0 Å². The largest absolute Gasteiger partial charge is 0.483 e. The number of amides is 3. The molecule has 14 nitrogen and oxygen atoms in total. The number of aliphatic imine (C=N–C) groups is 1. The molecule has 0 aliphatic carbocycles. The highest BCUT2D eigenvalue weighted by Crippen LogP contribution is 2.46. The van der Waals surface area contributed by atoms with Crippen LogP contribution >= 0.6 is 11.3 Å². The first kappa shape index (κ1) is 52.5. The van der Waals surface area contributed by atoms with Crippen LogP contribution in [0.4, 0.5) is 5.69 Å². The number of ether oxygens (including phenoxy) is 1. The van der Waals surface area contributed by atoms with Crippen LogP contribution in [0.15, 0.2) is 54.1 Å². The van der Waals surface area contributed by atoms with E-state index in [9.17, 15) is 14.4 Å². The molecule has 5 aromatic rings. The molecular formula is C49H72N10O4S. The number of carbonyl (C=O) groups is 3. The van der Waals surface area contributed by atoms with E-state index in [1.807, 2.05) is 47.7 Å². The first-order valence-corrected chi connectivity index (χ1v) is 23.7. The summed E-state index contributed by atoms with van der Waals surface area (Å²) in [5.74, 6) is 1.32. The number of rotatable bonds is 18. The van der Waals surface area contributed by atoms with Gasteiger partial charge in [-0.3, -0.25) is 19.4 Å². The summed E-state index contributed by atoms with van der Waals surface area (Å²) in [6.45, 7) is 28.0. The molecule has 3 amide bonds. The minimum atomic E-state index is -0.156. The van der Waals surface area contributed by atoms with Crippen LogP contribution < -0.4 is 10.6 Å². The lowest BCUT2D eigenvalue weighted by molar-refractivity contribution is -0.133. The summed E-state index contributed by atoms with van der Waals surface area (Å²) in [5, 5.41) is 6.52. The Kier molecular flexibility index (Phi) is 21.9. The predicted molar refractivity (Wildman–Crippen MR) is 264 cm³/mol. The van der Waals surface area contributed by atoms with E-state index in [1.165, 1.54) is 20.0 Å². The maximum atomic E-state index is 13.0. The Morgan fingerprint density at radius 2 is 1.27 bits per heavy atom. The molecule has 0 saturated carbocycles. The second-order valence-electron chi connectivity index (χ2n) is 15.2. The van der Waals surface area contributed by atoms with Crippen LogP contribution in [0.5, 0.6) is 0 Å². The number of methoxy groups -OCH3 is 1. The Morgan fingerprint density at radius 1 is 0.766 bits per heavy atom. The van der Waals surface area contributed by atoms with Crippen LogP contribution in [0, 0.1) is 6.92 Å². The molecule has 4 heterocycles. The van der Waals surface area contributed by atoms with E-state index in [0.717, 1.165) is 78.7 Å². The smallest absolute Gasteiger partial charge is 0.242 e. The standard InChI is InChI=1S/C41H50N10O4S.2C3H8.C2H6/c1-8-15-50(37(53)20-42-25(5)55-7)22-34-43-18-32(48-34)27-11-12-28(39-31(27)17-24(4)46-39)29-13-14-30(40-41(29)56-26(6)47-40)33-19-44-35(49-33)23-51(16-9-2)38(54)21-45-36(52)10-3;2*1-3-2;1-2/h11-14,18-19,42H,5,8-10,15-17,20-23H2,1-4,6-7H3,(H,43,48)(H,44,49)(H,45,52);2*3H2,1-2H3;1-2H3. The second kappa shape index (κ2) is 26.7. The average molecular weight is 897 g/mol. The zero-order valence-corrected chi connectivity index (χ0v) is 41.2. The highest BCUT2D eigenvalue weighted by molar-refractivity contribution is 7.19. The maximum absolute atomic E-state index is 13.0. The van der Waals surface area contributed by atoms with Crippen molar-refractivity contribution in [2.75, 3.05) is 33.3 Å². The number of nitrogens with zero attached hydrogens (tertiary/aromatic N) is 6. The number of aryl methyl sites for hydroxylation is 1. The number of carbonyl (C=O) groups excluding carboxylic acids is 3. The SMILES string of the molecule is C=C(NCC(=O)N(CCC)Cc1ncc(-c2ccc(-c3ccc(-c4cnc(CN(CCC)C(=O)CNC(=O)CC)[nH]4)c4nc(C)sc34)c3c2CC(C)=N3)[nH]1)OC.CC.CCC.CCC. The van der Waals surface area contributed by atoms with E-state index in [4.69, 9.17) is 14.7 Å². The zero-order chi connectivity index (χ0) is 47.3. The van der Waals surface area contributed by atoms with Gasteiger partial charge < -0.3 is 35.1 Å². The minimum Gasteiger partial charge on any atom is -0.483 e. The molecule has 64 heavy (non-hydrogen) atoms. The summed E-state index contributed by atoms with van der Waals surface area (Å²) in [7, 11) is 1.51. The quantitative estimate of drug-likeness (QED) is 0.0629. The van der Waals surface area contributed by atoms with Gasteiger partial charge in [-0.05, 0) is 44.9 Å². The lowest BCUT2D eigenvalue weighted by atomic mass is 9.93. The topological polar surface area (TPSA) is 174 Å². The molecule has 0 radical (unpaired) electrons. The Balaban J connectivity index is 0.00000127. The zero-order valence-electron chi connectivity index (χ0n) is 40.4. The van der Waals surface area contributed by atoms with Gasteiger partial charge in [0.15, 0.2) is 5.88 Å². The van der Waals surface area contributed by atoms with Crippen LogP contribution in [0.25, 0.3) is 43.9 Å². The molecule has 0 saturated heterocycles. The Bertz CT molecular complexity index is 2320. The number of hydrogen-bond acceptors (Lipinski definition) is 10. The van der Waals surface area contributed by atoms with Gasteiger partial charge in [0, 0.05) is 53.9 Å². The molecule has 4 N–H and O–H groups in total. The fourth-order valence-corrected chi connectivity index (χ4v) is 7.83. The number of aromatic nitrogens is 5. The van der Waals surface area contributed by atoms with Gasteiger partial charge >= 0.3 is 0 Å². The summed E-state index contributed by atoms with van der Waals surface area (Å²) in [4.78, 5) is 67.4. The fraction of sp³-hybridized carbons (Fsp3) is 0.490. The number of H-pyrrole nitrogens is 2. The van der Waals surface area contributed by atoms with E-state index in [1.54, 1.807) is 34.3 Å². The van der Waals surface area contributed by atoms with E-state index in [2.05, 4.69) is 89.1 Å². The number of fused-ring (bicyclic) bond motifs is 2. The van der Waals surface area contributed by atoms with Crippen LogP contribution in [-0.4, -0.2) is 91.4 Å². The minimum absolute atomic E-state index is 0.0387. The maximum Gasteiger partial charge on any atom is 0.242 e. The molecule has 1 aliphatic heterocycles. The molecule has 0 bridgehead atoms. The van der Waals surface area contributed by atoms with Gasteiger partial charge in [0.25, 0.3) is 0 Å². The van der Waals surface area contributed by atoms with Crippen LogP contribution in [0.3, 0.4) is 0 Å². The third-order valence-corrected chi connectivity index (χ3v) is 10.6. The molecule has 0 fully saturated rings. The van der Waals surface area contributed by atoms with Gasteiger partial charge in [-0.25, -0.2) is 15.0 Å². The number of nitrogens with one attached hydrogen (secondary N) is 4. The molecule has 15 heteroatoms. The van der Waals surface area contributed by atoms with E-state index in [-0.39, 0.29) is 30.8 Å². The van der Waals surface area contributed by atoms with Gasteiger partial charge in [-0.2, -0.15) is 0 Å². The van der Waals surface area contributed by atoms with E-state index in [0.29, 0.717) is 56.6 Å². The van der Waals surface area contributed by atoms with Crippen molar-refractivity contribution in [3.8, 4) is 33.6 Å². The fourth-order valence-electron chi connectivity index (χ4n) is 6.86. The average Bonchev–Trinajstić information content (AvgIpc) is 4.12. The van der Waals surface area contributed by atoms with Gasteiger partial charge in [-0.15, -0.1) is 11.3 Å². The first-order valence-electron chi connectivity index (χ1n) is 22.8. The summed E-state index contributed by atoms with van der Waals surface area (Å²) >= 11 is 1.64. The van der Waals surface area contributed by atoms with Crippen molar-refractivity contribution in [1.29, 1.82) is 0 Å². The number of thiazole rings is 1. The monoisotopic (exact) mass is 897 g/mol. The third-order valence-electron chi connectivity index (χ3n) is 9.61. The van der Waals surface area contributed by atoms with Crippen molar-refractivity contribution in [2.45, 2.75) is 128 Å². The third kappa shape index (κ3) is 14.1. The van der Waals surface area contributed by atoms with Crippen molar-refractivity contribution < 1.29 is 19.1 Å². The van der Waals surface area contributed by atoms with Crippen LogP contribution in [0.2, 0.25) is 0 Å². The number of imidazole rings is 2. The van der Waals surface area contributed by atoms with Crippen molar-refractivity contribution in [3.05, 3.63) is 71.3 Å². The van der Waals surface area contributed by atoms with Gasteiger partial charge in [0.05, 0.1) is 78.0 Å². The Morgan fingerprint density at radius 3 is 1.80 bits per heavy atom. The number of aromatic amines is 2. The molecule has 3 aromatic heterocycles. The summed E-state index contributed by atoms with van der Waals surface area (Å²) in [6, 6.07) is 8.45. The molecule has 348 valence electrons. The molecular weight excluding hydrogens is 825 g/mol. The van der Waals surface area contributed by atoms with E-state index >= 15 is 0 Å². The van der Waals surface area contributed by atoms with Gasteiger partial charge in [0.2, 0.25) is 17.7 Å². The Hall–Kier alpha value is -5.83. The predicted octanol–water partition coefficient (Wildman–Crippen LogP) is 10.3. The number of benzene rings is 2. The Labute approximate surface area is 384 Å². The molecule has 1 aliphatic rings. The lowest BCUT2D eigenvalue weighted by Crippen LogP contribution is -2.40. The van der Waals surface area contributed by atoms with Crippen molar-refractivity contribution in [1.82, 2.24) is 45.4 Å². The normalized spacial score (nSPS) is 11.2. The van der Waals surface area contributed by atoms with Crippen LogP contribution in [0.1, 0.15) is 124 Å². The van der Waals surface area contributed by atoms with Gasteiger partial charge in [0.1, 0.15) is 11.6 Å². The lowest BCUT2D eigenvalue weighted by Gasteiger charge is -2.21. The molecule has 0 spiro atoms. The highest BCUT2D eigenvalue weighted by Gasteiger charge is 2.25.